The molecule has 0 saturated heterocycles. The van der Waals surface area contributed by atoms with Gasteiger partial charge in [0.15, 0.2) is 0 Å². The summed E-state index contributed by atoms with van der Waals surface area (Å²) < 4.78 is 0. The first-order valence-corrected chi connectivity index (χ1v) is 5.09. The highest BCUT2D eigenvalue weighted by molar-refractivity contribution is 5.50. The van der Waals surface area contributed by atoms with E-state index in [0.717, 1.165) is 25.5 Å². The van der Waals surface area contributed by atoms with E-state index in [1.54, 1.807) is 0 Å². The van der Waals surface area contributed by atoms with E-state index >= 15 is 0 Å². The lowest BCUT2D eigenvalue weighted by atomic mass is 10.1. The monoisotopic (exact) mass is 188 g/mol. The average Bonchev–Trinajstić information content (AvgIpc) is 2.16. The molecular formula is C10H20O3. The highest BCUT2D eigenvalue weighted by Gasteiger charge is 2.06. The van der Waals surface area contributed by atoms with Crippen LogP contribution in [-0.2, 0) is 9.68 Å². The normalized spacial score (nSPS) is 12.8. The Kier molecular flexibility index (Phi) is 9.37. The maximum atomic E-state index is 10.1. The lowest BCUT2D eigenvalue weighted by molar-refractivity contribution is -0.279. The number of rotatable bonds is 9. The van der Waals surface area contributed by atoms with Gasteiger partial charge >= 0.3 is 0 Å². The van der Waals surface area contributed by atoms with Crippen LogP contribution in [0.25, 0.3) is 0 Å². The van der Waals surface area contributed by atoms with Gasteiger partial charge in [0.25, 0.3) is 0 Å². The SMILES string of the molecule is CCCCCCCC(CC=O)OO. The van der Waals surface area contributed by atoms with E-state index in [9.17, 15) is 4.79 Å². The Morgan fingerprint density at radius 2 is 2.00 bits per heavy atom. The molecule has 3 nitrogen and oxygen atoms in total. The molecule has 0 aromatic heterocycles. The zero-order valence-corrected chi connectivity index (χ0v) is 8.37. The molecule has 3 heteroatoms. The van der Waals surface area contributed by atoms with Crippen molar-refractivity contribution >= 4 is 6.29 Å². The van der Waals surface area contributed by atoms with Crippen molar-refractivity contribution in [2.24, 2.45) is 0 Å². The van der Waals surface area contributed by atoms with Crippen molar-refractivity contribution < 1.29 is 14.9 Å². The van der Waals surface area contributed by atoms with E-state index in [4.69, 9.17) is 5.26 Å². The minimum Gasteiger partial charge on any atom is -0.303 e. The lowest BCUT2D eigenvalue weighted by Gasteiger charge is -2.08. The molecule has 0 saturated carbocycles. The van der Waals surface area contributed by atoms with Gasteiger partial charge in [0, 0.05) is 6.42 Å². The summed E-state index contributed by atoms with van der Waals surface area (Å²) in [5.41, 5.74) is 0. The predicted molar refractivity (Wildman–Crippen MR) is 51.6 cm³/mol. The second-order valence-corrected chi connectivity index (χ2v) is 3.33. The molecule has 1 atom stereocenters. The van der Waals surface area contributed by atoms with E-state index in [1.165, 1.54) is 19.3 Å². The quantitative estimate of drug-likeness (QED) is 0.262. The van der Waals surface area contributed by atoms with Crippen molar-refractivity contribution in [3.05, 3.63) is 0 Å². The summed E-state index contributed by atoms with van der Waals surface area (Å²) in [4.78, 5) is 14.3. The maximum Gasteiger partial charge on any atom is 0.122 e. The first-order valence-electron chi connectivity index (χ1n) is 5.09. The van der Waals surface area contributed by atoms with Crippen molar-refractivity contribution in [2.75, 3.05) is 0 Å². The molecular weight excluding hydrogens is 168 g/mol. The summed E-state index contributed by atoms with van der Waals surface area (Å²) in [7, 11) is 0. The molecule has 0 aliphatic rings. The smallest absolute Gasteiger partial charge is 0.122 e. The summed E-state index contributed by atoms with van der Waals surface area (Å²) in [6.45, 7) is 2.17. The molecule has 0 heterocycles. The third-order valence-corrected chi connectivity index (χ3v) is 2.14. The molecule has 1 unspecified atom stereocenters. The van der Waals surface area contributed by atoms with Crippen molar-refractivity contribution in [3.63, 3.8) is 0 Å². The van der Waals surface area contributed by atoms with Crippen LogP contribution in [0.2, 0.25) is 0 Å². The highest BCUT2D eigenvalue weighted by Crippen LogP contribution is 2.10. The Morgan fingerprint density at radius 3 is 2.54 bits per heavy atom. The van der Waals surface area contributed by atoms with E-state index in [0.29, 0.717) is 6.42 Å². The van der Waals surface area contributed by atoms with Gasteiger partial charge in [-0.25, -0.2) is 4.89 Å². The fourth-order valence-corrected chi connectivity index (χ4v) is 1.30. The molecule has 78 valence electrons. The van der Waals surface area contributed by atoms with Gasteiger partial charge in [0.1, 0.15) is 6.29 Å². The molecule has 0 rings (SSSR count). The molecule has 0 radical (unpaired) electrons. The van der Waals surface area contributed by atoms with Gasteiger partial charge in [-0.3, -0.25) is 5.26 Å². The van der Waals surface area contributed by atoms with Crippen LogP contribution in [0.15, 0.2) is 0 Å². The van der Waals surface area contributed by atoms with Gasteiger partial charge in [0.05, 0.1) is 6.10 Å². The molecule has 0 aliphatic carbocycles. The average molecular weight is 188 g/mol. The molecule has 0 aromatic carbocycles. The fraction of sp³-hybridized carbons (Fsp3) is 0.900. The number of aldehydes is 1. The summed E-state index contributed by atoms with van der Waals surface area (Å²) in [5.74, 6) is 0. The van der Waals surface area contributed by atoms with E-state index in [-0.39, 0.29) is 6.10 Å². The number of hydrogen-bond donors (Lipinski definition) is 1. The van der Waals surface area contributed by atoms with Gasteiger partial charge < -0.3 is 4.79 Å². The Balaban J connectivity index is 3.22. The minimum atomic E-state index is -0.292. The van der Waals surface area contributed by atoms with Crippen LogP contribution in [-0.4, -0.2) is 17.6 Å². The second kappa shape index (κ2) is 9.68. The van der Waals surface area contributed by atoms with Crippen LogP contribution < -0.4 is 0 Å². The minimum absolute atomic E-state index is 0.292. The molecule has 13 heavy (non-hydrogen) atoms. The van der Waals surface area contributed by atoms with Crippen molar-refractivity contribution in [2.45, 2.75) is 58.0 Å². The number of hydrogen-bond acceptors (Lipinski definition) is 3. The molecule has 0 fully saturated rings. The first-order chi connectivity index (χ1) is 6.35. The summed E-state index contributed by atoms with van der Waals surface area (Å²) >= 11 is 0. The van der Waals surface area contributed by atoms with Gasteiger partial charge in [0.2, 0.25) is 0 Å². The Bertz CT molecular complexity index is 115. The molecule has 0 amide bonds. The van der Waals surface area contributed by atoms with Gasteiger partial charge in [-0.15, -0.1) is 0 Å². The van der Waals surface area contributed by atoms with Crippen molar-refractivity contribution in [1.29, 1.82) is 0 Å². The third-order valence-electron chi connectivity index (χ3n) is 2.14. The topological polar surface area (TPSA) is 46.5 Å². The molecule has 0 aromatic rings. The van der Waals surface area contributed by atoms with Crippen LogP contribution in [0.3, 0.4) is 0 Å². The summed E-state index contributed by atoms with van der Waals surface area (Å²) in [6.07, 6.45) is 7.48. The zero-order chi connectivity index (χ0) is 9.94. The first kappa shape index (κ1) is 12.6. The Hall–Kier alpha value is -0.410. The largest absolute Gasteiger partial charge is 0.303 e. The van der Waals surface area contributed by atoms with Gasteiger partial charge in [-0.1, -0.05) is 39.0 Å². The number of carbonyl (C=O) groups is 1. The molecule has 0 spiro atoms. The van der Waals surface area contributed by atoms with E-state index < -0.39 is 0 Å². The van der Waals surface area contributed by atoms with Gasteiger partial charge in [-0.2, -0.15) is 0 Å². The predicted octanol–water partition coefficient (Wildman–Crippen LogP) is 2.79. The van der Waals surface area contributed by atoms with Crippen molar-refractivity contribution in [1.82, 2.24) is 0 Å². The van der Waals surface area contributed by atoms with Crippen LogP contribution in [0.5, 0.6) is 0 Å². The maximum absolute atomic E-state index is 10.1. The summed E-state index contributed by atoms with van der Waals surface area (Å²) in [5, 5.41) is 8.40. The highest BCUT2D eigenvalue weighted by atomic mass is 17.1. The van der Waals surface area contributed by atoms with Crippen LogP contribution in [0.1, 0.15) is 51.9 Å². The van der Waals surface area contributed by atoms with E-state index in [1.807, 2.05) is 0 Å². The van der Waals surface area contributed by atoms with Crippen LogP contribution >= 0.6 is 0 Å². The zero-order valence-electron chi connectivity index (χ0n) is 8.37. The molecule has 0 aliphatic heterocycles. The summed E-state index contributed by atoms with van der Waals surface area (Å²) in [6, 6.07) is 0. The van der Waals surface area contributed by atoms with E-state index in [2.05, 4.69) is 11.8 Å². The van der Waals surface area contributed by atoms with Crippen LogP contribution in [0.4, 0.5) is 0 Å². The Labute approximate surface area is 80.0 Å². The Morgan fingerprint density at radius 1 is 1.31 bits per heavy atom. The van der Waals surface area contributed by atoms with Crippen molar-refractivity contribution in [3.8, 4) is 0 Å². The van der Waals surface area contributed by atoms with Gasteiger partial charge in [-0.05, 0) is 6.42 Å². The third kappa shape index (κ3) is 7.94. The second-order valence-electron chi connectivity index (χ2n) is 3.33. The molecule has 0 bridgehead atoms. The fourth-order valence-electron chi connectivity index (χ4n) is 1.30. The standard InChI is InChI=1S/C10H20O3/c1-2-3-4-5-6-7-10(13-12)8-9-11/h9-10,12H,2-8H2,1H3. The number of carbonyl (C=O) groups excluding carboxylic acids is 1. The van der Waals surface area contributed by atoms with Crippen LogP contribution in [0, 0.1) is 0 Å². The number of unbranched alkanes of at least 4 members (excludes halogenated alkanes) is 4. The molecule has 1 N–H and O–H groups in total. The lowest BCUT2D eigenvalue weighted by Crippen LogP contribution is -2.11.